The molecule has 2 atom stereocenters. The number of aliphatic hydroxyl groups is 3. The van der Waals surface area contributed by atoms with Gasteiger partial charge in [0, 0.05) is 139 Å². The highest BCUT2D eigenvalue weighted by atomic mass is 79.9. The molecule has 360 valence electrons. The smallest absolute Gasteiger partial charge is 0.302 e. The monoisotopic (exact) mass is 1080 g/mol. The Morgan fingerprint density at radius 2 is 1.07 bits per heavy atom. The van der Waals surface area contributed by atoms with Gasteiger partial charge in [0.25, 0.3) is 11.8 Å². The Bertz CT molecular complexity index is 4070. The van der Waals surface area contributed by atoms with Gasteiger partial charge in [0.2, 0.25) is 5.91 Å². The fraction of sp³-hybridized carbons (Fsp3) is 0.273. The van der Waals surface area contributed by atoms with E-state index in [9.17, 15) is 34.5 Å². The van der Waals surface area contributed by atoms with Gasteiger partial charge in [-0.25, -0.2) is 0 Å². The van der Waals surface area contributed by atoms with Crippen molar-refractivity contribution >= 4 is 143 Å². The number of aliphatic hydroxyl groups excluding tert-OH is 3. The summed E-state index contributed by atoms with van der Waals surface area (Å²) >= 11 is 7.22. The summed E-state index contributed by atoms with van der Waals surface area (Å²) in [7, 11) is 0. The third kappa shape index (κ3) is 6.40. The molecule has 16 heteroatoms. The maximum Gasteiger partial charge on any atom is 0.302 e. The van der Waals surface area contributed by atoms with E-state index in [0.717, 1.165) is 124 Å². The molecule has 71 heavy (non-hydrogen) atoms. The van der Waals surface area contributed by atoms with Gasteiger partial charge in [0.15, 0.2) is 0 Å². The summed E-state index contributed by atoms with van der Waals surface area (Å²) in [5.74, 6) is -0.890. The second kappa shape index (κ2) is 16.5. The van der Waals surface area contributed by atoms with Gasteiger partial charge >= 0.3 is 5.97 Å². The van der Waals surface area contributed by atoms with E-state index in [1.165, 1.54) is 18.7 Å². The molecule has 0 fully saturated rings. The number of hydrogen-bond acceptors (Lipinski definition) is 8. The molecule has 3 amide bonds. The van der Waals surface area contributed by atoms with Crippen LogP contribution in [0.1, 0.15) is 64.2 Å². The molecule has 4 N–H and O–H groups in total. The second-order valence-electron chi connectivity index (χ2n) is 19.2. The minimum atomic E-state index is -0.317. The van der Waals surface area contributed by atoms with Gasteiger partial charge in [0.05, 0.1) is 59.6 Å². The van der Waals surface area contributed by atoms with Crippen molar-refractivity contribution in [2.45, 2.75) is 73.8 Å². The first-order valence-corrected chi connectivity index (χ1v) is 25.0. The zero-order chi connectivity index (χ0) is 48.2. The van der Waals surface area contributed by atoms with Gasteiger partial charge in [0.1, 0.15) is 0 Å². The van der Waals surface area contributed by atoms with Crippen LogP contribution in [-0.4, -0.2) is 75.4 Å². The standard InChI is InChI=1S/C29H24BrN3O5.C25H20BrN3O3.CH4/c1-14(35)31-11-21-24-19-7-16(12-34)3-5-22(19)32-9-17(13-38-15(2)36)10-33-23-6-4-18(30)8-20(23)25(26(21)29(31)37)28(33)27(24)32;26-14-2-4-19-16(6-14)21-22-17(7-27-25(22)32)20-15-5-12(10-30)1-3-18(15)28-8-13(11-31)9-29(19)24(21)23(20)28;/h3-8,17,34H,9-13H2,1-2H3;1-6,13,30-31H,7-11H2,(H,27,32);1H4. The molecule has 0 saturated heterocycles. The van der Waals surface area contributed by atoms with Crippen LogP contribution in [0.3, 0.4) is 0 Å². The van der Waals surface area contributed by atoms with Crippen molar-refractivity contribution in [2.75, 3.05) is 13.2 Å². The first-order chi connectivity index (χ1) is 33.9. The number of carbonyl (C=O) groups is 4. The number of carbonyl (C=O) groups excluding carboxylic acids is 4. The topological polar surface area (TPSA) is 173 Å². The Hall–Kier alpha value is -6.56. The molecule has 0 saturated carbocycles. The number of nitrogens with one attached hydrogen (secondary N) is 1. The third-order valence-corrected chi connectivity index (χ3v) is 16.2. The summed E-state index contributed by atoms with van der Waals surface area (Å²) in [5.41, 5.74) is 13.0. The average Bonchev–Trinajstić information content (AvgIpc) is 4.15. The number of nitrogens with zero attached hydrogens (tertiary/aromatic N) is 5. The number of fused-ring (bicyclic) bond motifs is 18. The Balaban J connectivity index is 0.000000146. The number of imide groups is 1. The number of esters is 1. The van der Waals surface area contributed by atoms with Crippen LogP contribution in [0.2, 0.25) is 0 Å². The van der Waals surface area contributed by atoms with E-state index in [0.29, 0.717) is 38.3 Å². The van der Waals surface area contributed by atoms with Crippen molar-refractivity contribution in [3.8, 4) is 0 Å². The molecule has 10 aromatic rings. The first-order valence-electron chi connectivity index (χ1n) is 23.4. The second-order valence-corrected chi connectivity index (χ2v) is 21.0. The van der Waals surface area contributed by atoms with Gasteiger partial charge in [-0.05, 0) is 82.9 Å². The largest absolute Gasteiger partial charge is 0.465 e. The molecule has 2 unspecified atom stereocenters. The van der Waals surface area contributed by atoms with Crippen LogP contribution < -0.4 is 5.32 Å². The number of amides is 3. The highest BCUT2D eigenvalue weighted by Gasteiger charge is 2.40. The van der Waals surface area contributed by atoms with Crippen molar-refractivity contribution in [2.24, 2.45) is 11.8 Å². The molecular formula is C55H48Br2N6O8. The fourth-order valence-electron chi connectivity index (χ4n) is 12.4. The number of benzene rings is 6. The van der Waals surface area contributed by atoms with Gasteiger partial charge in [-0.1, -0.05) is 51.4 Å². The lowest BCUT2D eigenvalue weighted by atomic mass is 9.96. The number of hydrogen-bond donors (Lipinski definition) is 4. The summed E-state index contributed by atoms with van der Waals surface area (Å²) in [6.07, 6.45) is 0. The van der Waals surface area contributed by atoms with Crippen LogP contribution in [0.4, 0.5) is 0 Å². The fourth-order valence-corrected chi connectivity index (χ4v) is 13.1. The van der Waals surface area contributed by atoms with Crippen LogP contribution in [0, 0.1) is 11.8 Å². The maximum atomic E-state index is 13.8. The molecule has 6 aromatic carbocycles. The Labute approximate surface area is 422 Å². The lowest BCUT2D eigenvalue weighted by molar-refractivity contribution is -0.142. The van der Waals surface area contributed by atoms with Crippen molar-refractivity contribution < 1.29 is 39.2 Å². The minimum absolute atomic E-state index is 0. The van der Waals surface area contributed by atoms with E-state index in [2.05, 4.69) is 73.6 Å². The SMILES string of the molecule is C.CC(=O)OCC1Cn2c3ccc(CO)cc3c3c4c(c5c6cc(Br)ccc6n(c5c32)C1)C(=O)N(C(C)=O)C4.O=C1NCc2c1c1c3cc(Br)ccc3n3c1c1c2c2cc(CO)ccc2n1CC(CO)C3. The van der Waals surface area contributed by atoms with Crippen LogP contribution in [-0.2, 0) is 66.8 Å². The zero-order valence-electron chi connectivity index (χ0n) is 38.0. The molecule has 4 aliphatic rings. The highest BCUT2D eigenvalue weighted by molar-refractivity contribution is 9.10. The molecule has 0 radical (unpaired) electrons. The predicted molar refractivity (Wildman–Crippen MR) is 281 cm³/mol. The van der Waals surface area contributed by atoms with Crippen LogP contribution >= 0.6 is 31.9 Å². The van der Waals surface area contributed by atoms with Crippen molar-refractivity contribution in [3.63, 3.8) is 0 Å². The average molecular weight is 1080 g/mol. The molecule has 4 aliphatic heterocycles. The molecule has 0 bridgehead atoms. The minimum Gasteiger partial charge on any atom is -0.465 e. The van der Waals surface area contributed by atoms with Crippen molar-refractivity contribution in [1.29, 1.82) is 0 Å². The summed E-state index contributed by atoms with van der Waals surface area (Å²) in [5, 5.41) is 40.8. The van der Waals surface area contributed by atoms with E-state index < -0.39 is 0 Å². The van der Waals surface area contributed by atoms with Crippen molar-refractivity contribution in [1.82, 2.24) is 28.5 Å². The van der Waals surface area contributed by atoms with Crippen LogP contribution in [0.15, 0.2) is 81.7 Å². The molecule has 8 heterocycles. The van der Waals surface area contributed by atoms with E-state index in [-0.39, 0.29) is 75.9 Å². The van der Waals surface area contributed by atoms with Gasteiger partial charge < -0.3 is 43.6 Å². The normalized spacial score (nSPS) is 17.0. The van der Waals surface area contributed by atoms with E-state index >= 15 is 0 Å². The summed E-state index contributed by atoms with van der Waals surface area (Å²) in [4.78, 5) is 52.5. The Morgan fingerprint density at radius 3 is 1.55 bits per heavy atom. The molecule has 0 spiro atoms. The number of aromatic nitrogens is 4. The zero-order valence-corrected chi connectivity index (χ0v) is 41.2. The summed E-state index contributed by atoms with van der Waals surface area (Å²) in [6.45, 7) is 6.37. The summed E-state index contributed by atoms with van der Waals surface area (Å²) in [6, 6.07) is 24.3. The van der Waals surface area contributed by atoms with Gasteiger partial charge in [-0.15, -0.1) is 0 Å². The van der Waals surface area contributed by atoms with Crippen molar-refractivity contribution in [3.05, 3.63) is 115 Å². The lowest BCUT2D eigenvalue weighted by Gasteiger charge is -2.18. The summed E-state index contributed by atoms with van der Waals surface area (Å²) < 4.78 is 16.5. The van der Waals surface area contributed by atoms with E-state index in [4.69, 9.17) is 4.74 Å². The molecule has 14 nitrogen and oxygen atoms in total. The molecular weight excluding hydrogens is 1030 g/mol. The van der Waals surface area contributed by atoms with Gasteiger partial charge in [-0.2, -0.15) is 0 Å². The maximum absolute atomic E-state index is 13.8. The first kappa shape index (κ1) is 45.6. The van der Waals surface area contributed by atoms with Crippen LogP contribution in [0.5, 0.6) is 0 Å². The Morgan fingerprint density at radius 1 is 0.620 bits per heavy atom. The Kier molecular flexibility index (Phi) is 10.6. The third-order valence-electron chi connectivity index (χ3n) is 15.2. The van der Waals surface area contributed by atoms with E-state index in [1.54, 1.807) is 0 Å². The molecule has 4 aromatic heterocycles. The highest BCUT2D eigenvalue weighted by Crippen LogP contribution is 2.50. The quantitative estimate of drug-likeness (QED) is 0.123. The number of halogens is 2. The van der Waals surface area contributed by atoms with Crippen LogP contribution in [0.25, 0.3) is 87.2 Å². The number of rotatable bonds is 5. The van der Waals surface area contributed by atoms with Gasteiger partial charge in [-0.3, -0.25) is 24.1 Å². The molecule has 0 aliphatic carbocycles. The lowest BCUT2D eigenvalue weighted by Crippen LogP contribution is -2.28. The molecule has 14 rings (SSSR count). The van der Waals surface area contributed by atoms with E-state index in [1.807, 2.05) is 54.6 Å². The number of ether oxygens (including phenoxy) is 1. The predicted octanol–water partition coefficient (Wildman–Crippen LogP) is 9.51.